The van der Waals surface area contributed by atoms with Crippen LogP contribution in [0.1, 0.15) is 6.92 Å². The molecular formula is C4H5N5O3. The number of anilines is 1. The van der Waals surface area contributed by atoms with Crippen LogP contribution in [0.2, 0.25) is 0 Å². The Morgan fingerprint density at radius 1 is 1.75 bits per heavy atom. The Hall–Kier alpha value is -1.99. The van der Waals surface area contributed by atoms with E-state index in [1.54, 1.807) is 0 Å². The Kier molecular flexibility index (Phi) is 1.99. The number of aromatic nitrogens is 3. The number of H-pyrrole nitrogens is 1. The topological polar surface area (TPSA) is 114 Å². The van der Waals surface area contributed by atoms with Gasteiger partial charge in [-0.3, -0.25) is 10.1 Å². The second kappa shape index (κ2) is 2.95. The maximum Gasteiger partial charge on any atom is 0.455 e. The van der Waals surface area contributed by atoms with Crippen molar-refractivity contribution in [2.75, 3.05) is 5.32 Å². The molecule has 0 bridgehead atoms. The fourth-order valence-electron chi connectivity index (χ4n) is 0.548. The quantitative estimate of drug-likeness (QED) is 0.467. The van der Waals surface area contributed by atoms with Crippen molar-refractivity contribution >= 4 is 17.8 Å². The molecule has 0 aliphatic heterocycles. The predicted molar refractivity (Wildman–Crippen MR) is 37.3 cm³/mol. The summed E-state index contributed by atoms with van der Waals surface area (Å²) in [6, 6.07) is 0. The van der Waals surface area contributed by atoms with Crippen LogP contribution in [0.4, 0.5) is 11.9 Å². The number of aromatic amines is 1. The van der Waals surface area contributed by atoms with Gasteiger partial charge in [0, 0.05) is 6.92 Å². The zero-order valence-corrected chi connectivity index (χ0v) is 6.07. The molecule has 0 aromatic carbocycles. The summed E-state index contributed by atoms with van der Waals surface area (Å²) in [5.74, 6) is -0.989. The van der Waals surface area contributed by atoms with E-state index in [4.69, 9.17) is 0 Å². The van der Waals surface area contributed by atoms with Crippen LogP contribution in [-0.2, 0) is 4.79 Å². The highest BCUT2D eigenvalue weighted by molar-refractivity contribution is 5.86. The Labute approximate surface area is 66.1 Å². The van der Waals surface area contributed by atoms with Crippen molar-refractivity contribution < 1.29 is 9.72 Å². The minimum Gasteiger partial charge on any atom is -0.390 e. The summed E-state index contributed by atoms with van der Waals surface area (Å²) in [6.07, 6.45) is 0. The summed E-state index contributed by atoms with van der Waals surface area (Å²) in [7, 11) is 0. The first-order valence-electron chi connectivity index (χ1n) is 2.94. The smallest absolute Gasteiger partial charge is 0.390 e. The highest BCUT2D eigenvalue weighted by Gasteiger charge is 2.13. The summed E-state index contributed by atoms with van der Waals surface area (Å²) in [4.78, 5) is 23.1. The monoisotopic (exact) mass is 171 g/mol. The van der Waals surface area contributed by atoms with E-state index < -0.39 is 10.9 Å². The van der Waals surface area contributed by atoms with Crippen molar-refractivity contribution in [3.8, 4) is 0 Å². The molecule has 2 N–H and O–H groups in total. The van der Waals surface area contributed by atoms with E-state index in [-0.39, 0.29) is 11.9 Å². The third-order valence-electron chi connectivity index (χ3n) is 0.934. The fraction of sp³-hybridized carbons (Fsp3) is 0.250. The molecule has 0 radical (unpaired) electrons. The van der Waals surface area contributed by atoms with Gasteiger partial charge in [0.1, 0.15) is 0 Å². The van der Waals surface area contributed by atoms with Gasteiger partial charge in [0.25, 0.3) is 0 Å². The maximum atomic E-state index is 10.4. The number of nitrogens with zero attached hydrogens (tertiary/aromatic N) is 3. The fourth-order valence-corrected chi connectivity index (χ4v) is 0.548. The molecule has 0 aliphatic rings. The molecule has 0 unspecified atom stereocenters. The molecule has 1 aromatic heterocycles. The number of carbonyl (C=O) groups excluding carboxylic acids is 1. The molecule has 0 saturated carbocycles. The van der Waals surface area contributed by atoms with E-state index in [1.165, 1.54) is 6.92 Å². The van der Waals surface area contributed by atoms with Crippen LogP contribution in [0.3, 0.4) is 0 Å². The standard InChI is InChI=1S/C4H5N5O3/c1-2(10)5-3-6-4(8-7-3)9(11)12/h1H3,(H2,5,6,7,8,10). The zero-order valence-electron chi connectivity index (χ0n) is 6.07. The minimum absolute atomic E-state index is 0.103. The number of rotatable bonds is 2. The molecule has 0 aliphatic carbocycles. The summed E-state index contributed by atoms with van der Waals surface area (Å²) < 4.78 is 0. The molecule has 8 nitrogen and oxygen atoms in total. The van der Waals surface area contributed by atoms with E-state index in [0.717, 1.165) is 0 Å². The molecule has 1 heterocycles. The van der Waals surface area contributed by atoms with Gasteiger partial charge in [0.05, 0.1) is 0 Å². The molecular weight excluding hydrogens is 166 g/mol. The highest BCUT2D eigenvalue weighted by Crippen LogP contribution is 2.04. The van der Waals surface area contributed by atoms with Gasteiger partial charge in [-0.05, 0) is 9.91 Å². The lowest BCUT2D eigenvalue weighted by molar-refractivity contribution is -0.394. The van der Waals surface area contributed by atoms with Crippen molar-refractivity contribution in [2.24, 2.45) is 0 Å². The average molecular weight is 171 g/mol. The van der Waals surface area contributed by atoms with Crippen molar-refractivity contribution in [1.82, 2.24) is 15.2 Å². The van der Waals surface area contributed by atoms with E-state index >= 15 is 0 Å². The molecule has 0 atom stereocenters. The average Bonchev–Trinajstić information content (AvgIpc) is 2.34. The zero-order chi connectivity index (χ0) is 9.14. The van der Waals surface area contributed by atoms with Gasteiger partial charge < -0.3 is 10.1 Å². The summed E-state index contributed by atoms with van der Waals surface area (Å²) in [5.41, 5.74) is 0. The molecule has 1 amide bonds. The van der Waals surface area contributed by atoms with Gasteiger partial charge >= 0.3 is 11.9 Å². The normalized spacial score (nSPS) is 9.42. The Balaban J connectivity index is 2.77. The SMILES string of the molecule is CC(=O)Nc1n[nH]c([N+](=O)[O-])n1. The molecule has 0 fully saturated rings. The lowest BCUT2D eigenvalue weighted by atomic mass is 10.7. The number of hydrogen-bond acceptors (Lipinski definition) is 5. The Morgan fingerprint density at radius 3 is 2.83 bits per heavy atom. The highest BCUT2D eigenvalue weighted by atomic mass is 16.6. The van der Waals surface area contributed by atoms with Crippen LogP contribution in [-0.4, -0.2) is 26.0 Å². The van der Waals surface area contributed by atoms with Gasteiger partial charge in [0.15, 0.2) is 0 Å². The molecule has 8 heteroatoms. The van der Waals surface area contributed by atoms with Crippen LogP contribution >= 0.6 is 0 Å². The van der Waals surface area contributed by atoms with Gasteiger partial charge in [0.2, 0.25) is 5.91 Å². The maximum absolute atomic E-state index is 10.4. The summed E-state index contributed by atoms with van der Waals surface area (Å²) in [5, 5.41) is 17.6. The summed E-state index contributed by atoms with van der Waals surface area (Å²) in [6.45, 7) is 1.25. The van der Waals surface area contributed by atoms with Gasteiger partial charge in [-0.2, -0.15) is 0 Å². The molecule has 0 spiro atoms. The number of hydrogen-bond donors (Lipinski definition) is 2. The minimum atomic E-state index is -0.738. The number of carbonyl (C=O) groups is 1. The Bertz CT molecular complexity index is 318. The van der Waals surface area contributed by atoms with Crippen LogP contribution in [0.25, 0.3) is 0 Å². The van der Waals surface area contributed by atoms with Crippen molar-refractivity contribution in [1.29, 1.82) is 0 Å². The van der Waals surface area contributed by atoms with E-state index in [0.29, 0.717) is 0 Å². The predicted octanol–water partition coefficient (Wildman–Crippen LogP) is -0.329. The number of nitro groups is 1. The van der Waals surface area contributed by atoms with Crippen LogP contribution < -0.4 is 5.32 Å². The van der Waals surface area contributed by atoms with E-state index in [1.807, 2.05) is 5.10 Å². The number of amides is 1. The Morgan fingerprint density at radius 2 is 2.42 bits per heavy atom. The number of nitrogens with one attached hydrogen (secondary N) is 2. The van der Waals surface area contributed by atoms with Crippen molar-refractivity contribution in [3.05, 3.63) is 10.1 Å². The first kappa shape index (κ1) is 8.11. The third-order valence-corrected chi connectivity index (χ3v) is 0.934. The van der Waals surface area contributed by atoms with Gasteiger partial charge in [-0.25, -0.2) is 0 Å². The van der Waals surface area contributed by atoms with Crippen LogP contribution in [0.5, 0.6) is 0 Å². The van der Waals surface area contributed by atoms with Crippen molar-refractivity contribution in [2.45, 2.75) is 6.92 Å². The van der Waals surface area contributed by atoms with Gasteiger partial charge in [-0.1, -0.05) is 5.10 Å². The van der Waals surface area contributed by atoms with Crippen molar-refractivity contribution in [3.63, 3.8) is 0 Å². The molecule has 1 rings (SSSR count). The first-order chi connectivity index (χ1) is 5.59. The van der Waals surface area contributed by atoms with Crippen LogP contribution in [0, 0.1) is 10.1 Å². The lowest BCUT2D eigenvalue weighted by Crippen LogP contribution is -2.07. The molecule has 0 saturated heterocycles. The van der Waals surface area contributed by atoms with Crippen LogP contribution in [0.15, 0.2) is 0 Å². The molecule has 12 heavy (non-hydrogen) atoms. The molecule has 1 aromatic rings. The second-order valence-corrected chi connectivity index (χ2v) is 1.92. The first-order valence-corrected chi connectivity index (χ1v) is 2.94. The second-order valence-electron chi connectivity index (χ2n) is 1.92. The lowest BCUT2D eigenvalue weighted by Gasteiger charge is -1.86. The van der Waals surface area contributed by atoms with Gasteiger partial charge in [-0.15, -0.1) is 5.10 Å². The van der Waals surface area contributed by atoms with E-state index in [2.05, 4.69) is 15.4 Å². The van der Waals surface area contributed by atoms with E-state index in [9.17, 15) is 14.9 Å². The summed E-state index contributed by atoms with van der Waals surface area (Å²) >= 11 is 0. The third kappa shape index (κ3) is 1.75. The largest absolute Gasteiger partial charge is 0.455 e. The molecule has 64 valence electrons.